The summed E-state index contributed by atoms with van der Waals surface area (Å²) in [5.41, 5.74) is 28.3. The third-order valence-electron chi connectivity index (χ3n) is 23.9. The Hall–Kier alpha value is -16.2. The van der Waals surface area contributed by atoms with Crippen LogP contribution in [0.25, 0.3) is 222 Å². The van der Waals surface area contributed by atoms with E-state index in [9.17, 15) is 0 Å². The van der Waals surface area contributed by atoms with Crippen molar-refractivity contribution in [1.82, 2.24) is 38.2 Å². The summed E-state index contributed by atoms with van der Waals surface area (Å²) in [6.45, 7) is 0. The van der Waals surface area contributed by atoms with Crippen molar-refractivity contribution in [2.75, 3.05) is 0 Å². The maximum atomic E-state index is 5.19. The molecular formula is C112H72N8. The van der Waals surface area contributed by atoms with Gasteiger partial charge in [-0.3, -0.25) is 0 Å². The van der Waals surface area contributed by atoms with Crippen molar-refractivity contribution in [3.63, 3.8) is 0 Å². The molecule has 24 rings (SSSR count). The van der Waals surface area contributed by atoms with Crippen LogP contribution in [0.15, 0.2) is 437 Å². The highest BCUT2D eigenvalue weighted by Gasteiger charge is 2.25. The second kappa shape index (κ2) is 29.0. The average molecular weight is 1530 g/mol. The zero-order valence-electron chi connectivity index (χ0n) is 65.1. The van der Waals surface area contributed by atoms with E-state index in [0.717, 1.165) is 112 Å². The topological polar surface area (TPSA) is 71.3 Å². The van der Waals surface area contributed by atoms with E-state index < -0.39 is 0 Å². The first-order valence-electron chi connectivity index (χ1n) is 40.8. The van der Waals surface area contributed by atoms with E-state index in [0.29, 0.717) is 11.6 Å². The number of para-hydroxylation sites is 4. The molecule has 0 radical (unpaired) electrons. The predicted molar refractivity (Wildman–Crippen MR) is 500 cm³/mol. The molecule has 0 amide bonds. The Labute approximate surface area is 692 Å². The van der Waals surface area contributed by atoms with Crippen molar-refractivity contribution < 1.29 is 0 Å². The molecule has 560 valence electrons. The van der Waals surface area contributed by atoms with Crippen LogP contribution in [0, 0.1) is 0 Å². The van der Waals surface area contributed by atoms with Gasteiger partial charge in [-0.1, -0.05) is 322 Å². The normalized spacial score (nSPS) is 11.7. The van der Waals surface area contributed by atoms with Crippen LogP contribution in [0.1, 0.15) is 0 Å². The summed E-state index contributed by atoms with van der Waals surface area (Å²) in [5.74, 6) is 1.39. The molecule has 0 unspecified atom stereocenters. The molecule has 6 heterocycles. The number of hydrogen-bond acceptors (Lipinski definition) is 4. The van der Waals surface area contributed by atoms with Gasteiger partial charge in [0.2, 0.25) is 0 Å². The highest BCUT2D eigenvalue weighted by atomic mass is 15.0. The van der Waals surface area contributed by atoms with Gasteiger partial charge in [-0.05, 0) is 159 Å². The SMILES string of the molecule is c1ccc(-c2ccc(-n3c4ccccc4c4ccc5c(c6ccccc6n5-c5ccc(-c6nc(-c7ccccc7)cc(-c7ccc8ccccc8c7)n6)cc5)c43)cc2)cc1.c1ccc(-c2nc(-c3ccc(-n4c5ccccc5c5c4ccc4c6ccccc6n(-c6ccc7ccccc7c6)c45)cc3)cc(-c3ccccc3-c3ccccc3)n2)cc1. The van der Waals surface area contributed by atoms with E-state index in [-0.39, 0.29) is 0 Å². The molecule has 0 saturated carbocycles. The lowest BCUT2D eigenvalue weighted by Gasteiger charge is -2.14. The summed E-state index contributed by atoms with van der Waals surface area (Å²) in [4.78, 5) is 20.7. The first-order chi connectivity index (χ1) is 59.5. The van der Waals surface area contributed by atoms with Crippen molar-refractivity contribution in [2.45, 2.75) is 0 Å². The van der Waals surface area contributed by atoms with Crippen molar-refractivity contribution in [3.05, 3.63) is 437 Å². The molecule has 24 aromatic rings. The highest BCUT2D eigenvalue weighted by molar-refractivity contribution is 6.28. The molecule has 0 fully saturated rings. The fourth-order valence-corrected chi connectivity index (χ4v) is 18.3. The Bertz CT molecular complexity index is 8110. The van der Waals surface area contributed by atoms with Crippen LogP contribution in [0.3, 0.4) is 0 Å². The Balaban J connectivity index is 0.000000140. The lowest BCUT2D eigenvalue weighted by Crippen LogP contribution is -1.98. The molecule has 0 aliphatic heterocycles. The largest absolute Gasteiger partial charge is 0.309 e. The maximum absolute atomic E-state index is 5.19. The van der Waals surface area contributed by atoms with Crippen LogP contribution in [-0.2, 0) is 0 Å². The third kappa shape index (κ3) is 11.9. The second-order valence-electron chi connectivity index (χ2n) is 30.8. The summed E-state index contributed by atoms with van der Waals surface area (Å²) in [6, 6.07) is 156. The van der Waals surface area contributed by atoms with Gasteiger partial charge in [0.05, 0.1) is 66.9 Å². The number of fused-ring (bicyclic) bond motifs is 16. The smallest absolute Gasteiger partial charge is 0.160 e. The van der Waals surface area contributed by atoms with Crippen LogP contribution in [0.4, 0.5) is 0 Å². The van der Waals surface area contributed by atoms with Gasteiger partial charge in [-0.2, -0.15) is 0 Å². The lowest BCUT2D eigenvalue weighted by atomic mass is 9.96. The lowest BCUT2D eigenvalue weighted by molar-refractivity contribution is 1.16. The zero-order chi connectivity index (χ0) is 79.1. The van der Waals surface area contributed by atoms with Crippen molar-refractivity contribution in [2.24, 2.45) is 0 Å². The summed E-state index contributed by atoms with van der Waals surface area (Å²) >= 11 is 0. The van der Waals surface area contributed by atoms with Gasteiger partial charge >= 0.3 is 0 Å². The molecular weight excluding hydrogens is 1460 g/mol. The minimum Gasteiger partial charge on any atom is -0.309 e. The molecule has 0 bridgehead atoms. The molecule has 0 spiro atoms. The zero-order valence-corrected chi connectivity index (χ0v) is 65.1. The summed E-state index contributed by atoms with van der Waals surface area (Å²) in [5, 5.41) is 14.7. The second-order valence-corrected chi connectivity index (χ2v) is 30.8. The number of benzene rings is 18. The van der Waals surface area contributed by atoms with Gasteiger partial charge in [-0.15, -0.1) is 0 Å². The average Bonchev–Trinajstić information content (AvgIpc) is 1.55. The Morgan fingerprint density at radius 1 is 0.158 bits per heavy atom. The first kappa shape index (κ1) is 69.4. The molecule has 0 aliphatic carbocycles. The molecule has 8 heteroatoms. The molecule has 18 aromatic carbocycles. The minimum absolute atomic E-state index is 0.692. The standard InChI is InChI=1S/2C56H36N4/c1-3-13-37(14-4-1)39-25-29-45(30-26-39)60-51-21-11-9-19-46(51)47-33-34-53-54(55(47)60)48-20-10-12-22-52(48)59(53)44-31-27-41(28-32-44)56-57-49(40-16-5-2-6-17-40)36-50(58-56)43-24-23-38-15-7-8-18-42(38)35-43;1-3-16-38(17-4-1)44-21-9-10-22-45(44)50-36-49(57-56(58-50)40-18-5-2-6-19-40)39-28-30-42(31-29-39)59-52-26-14-12-24-48(52)54-53(59)34-33-47-46-23-11-13-25-51(46)60(55(47)54)43-32-27-37-15-7-8-20-41(37)35-43/h2*1-36H. The van der Waals surface area contributed by atoms with Gasteiger partial charge < -0.3 is 18.3 Å². The minimum atomic E-state index is 0.692. The number of aromatic nitrogens is 8. The molecule has 0 aliphatic rings. The molecule has 6 aromatic heterocycles. The number of nitrogens with zero attached hydrogens (tertiary/aromatic N) is 8. The quantitative estimate of drug-likeness (QED) is 0.122. The molecule has 0 saturated heterocycles. The van der Waals surface area contributed by atoms with E-state index >= 15 is 0 Å². The summed E-state index contributed by atoms with van der Waals surface area (Å²) < 4.78 is 9.72. The fourth-order valence-electron chi connectivity index (χ4n) is 18.3. The fraction of sp³-hybridized carbons (Fsp3) is 0. The highest BCUT2D eigenvalue weighted by Crippen LogP contribution is 2.46. The van der Waals surface area contributed by atoms with Crippen molar-refractivity contribution in [1.29, 1.82) is 0 Å². The van der Waals surface area contributed by atoms with Crippen LogP contribution >= 0.6 is 0 Å². The van der Waals surface area contributed by atoms with Gasteiger partial charge in [0.1, 0.15) is 0 Å². The van der Waals surface area contributed by atoms with Gasteiger partial charge in [0, 0.05) is 99.2 Å². The van der Waals surface area contributed by atoms with Gasteiger partial charge in [0.25, 0.3) is 0 Å². The Kier molecular flexibility index (Phi) is 16.7. The van der Waals surface area contributed by atoms with E-state index in [1.165, 1.54) is 97.8 Å². The number of rotatable bonds is 12. The van der Waals surface area contributed by atoms with Gasteiger partial charge in [-0.25, -0.2) is 19.9 Å². The Morgan fingerprint density at radius 3 is 1.02 bits per heavy atom. The van der Waals surface area contributed by atoms with E-state index in [1.807, 2.05) is 24.3 Å². The van der Waals surface area contributed by atoms with Crippen molar-refractivity contribution in [3.8, 4) is 113 Å². The van der Waals surface area contributed by atoms with E-state index in [1.54, 1.807) is 0 Å². The molecule has 8 nitrogen and oxygen atoms in total. The summed E-state index contributed by atoms with van der Waals surface area (Å²) in [6.07, 6.45) is 0. The molecule has 0 N–H and O–H groups in total. The van der Waals surface area contributed by atoms with Crippen LogP contribution in [0.5, 0.6) is 0 Å². The third-order valence-corrected chi connectivity index (χ3v) is 23.9. The van der Waals surface area contributed by atoms with Crippen molar-refractivity contribution >= 4 is 109 Å². The monoisotopic (exact) mass is 1530 g/mol. The van der Waals surface area contributed by atoms with Gasteiger partial charge in [0.15, 0.2) is 11.6 Å². The van der Waals surface area contributed by atoms with Crippen LogP contribution in [-0.4, -0.2) is 38.2 Å². The summed E-state index contributed by atoms with van der Waals surface area (Å²) in [7, 11) is 0. The maximum Gasteiger partial charge on any atom is 0.160 e. The predicted octanol–water partition coefficient (Wildman–Crippen LogP) is 29.0. The molecule has 0 atom stereocenters. The van der Waals surface area contributed by atoms with Crippen LogP contribution < -0.4 is 0 Å². The van der Waals surface area contributed by atoms with E-state index in [2.05, 4.69) is 431 Å². The first-order valence-corrected chi connectivity index (χ1v) is 40.8. The molecule has 120 heavy (non-hydrogen) atoms. The van der Waals surface area contributed by atoms with E-state index in [4.69, 9.17) is 19.9 Å². The van der Waals surface area contributed by atoms with Crippen LogP contribution in [0.2, 0.25) is 0 Å². The Morgan fingerprint density at radius 2 is 0.483 bits per heavy atom. The number of hydrogen-bond donors (Lipinski definition) is 0.